The van der Waals surface area contributed by atoms with Crippen molar-refractivity contribution in [3.8, 4) is 0 Å². The van der Waals surface area contributed by atoms with Crippen LogP contribution in [0.3, 0.4) is 0 Å². The molecule has 1 aromatic heterocycles. The molecule has 6 atom stereocenters. The Morgan fingerprint density at radius 1 is 1.28 bits per heavy atom. The van der Waals surface area contributed by atoms with Gasteiger partial charge in [0.05, 0.1) is 5.60 Å². The number of ether oxygens (including phenoxy) is 1. The van der Waals surface area contributed by atoms with Crippen molar-refractivity contribution in [3.05, 3.63) is 58.1 Å². The van der Waals surface area contributed by atoms with E-state index >= 15 is 4.39 Å². The fourth-order valence-electron chi connectivity index (χ4n) is 4.64. The molecule has 9 heteroatoms. The number of alkyl halides is 1. The molecule has 29 heavy (non-hydrogen) atoms. The van der Waals surface area contributed by atoms with Crippen molar-refractivity contribution in [1.82, 2.24) is 9.55 Å². The zero-order valence-corrected chi connectivity index (χ0v) is 15.6. The first-order valence-corrected chi connectivity index (χ1v) is 9.44. The smallest absolute Gasteiger partial charge is 0.351 e. The normalized spacial score (nSPS) is 37.1. The van der Waals surface area contributed by atoms with Gasteiger partial charge < -0.3 is 20.3 Å². The first-order valence-electron chi connectivity index (χ1n) is 9.44. The van der Waals surface area contributed by atoms with Gasteiger partial charge in [-0.25, -0.2) is 9.18 Å². The van der Waals surface area contributed by atoms with Crippen molar-refractivity contribution in [1.29, 1.82) is 0 Å². The van der Waals surface area contributed by atoms with Gasteiger partial charge >= 0.3 is 5.69 Å². The minimum absolute atomic E-state index is 0.0632. The Labute approximate surface area is 165 Å². The van der Waals surface area contributed by atoms with Crippen molar-refractivity contribution in [2.24, 2.45) is 5.92 Å². The number of nitrogens with one attached hydrogen (secondary N) is 1. The van der Waals surface area contributed by atoms with Gasteiger partial charge in [0.2, 0.25) is 0 Å². The Bertz CT molecular complexity index is 1060. The number of hydrogen-bond donors (Lipinski definition) is 3. The highest BCUT2D eigenvalue weighted by Crippen LogP contribution is 2.65. The van der Waals surface area contributed by atoms with Gasteiger partial charge in [0.15, 0.2) is 12.4 Å². The lowest BCUT2D eigenvalue weighted by Crippen LogP contribution is -2.47. The van der Waals surface area contributed by atoms with Crippen molar-refractivity contribution < 1.29 is 24.1 Å². The van der Waals surface area contributed by atoms with E-state index in [0.29, 0.717) is 17.5 Å². The van der Waals surface area contributed by atoms with E-state index in [9.17, 15) is 19.8 Å². The van der Waals surface area contributed by atoms with Crippen molar-refractivity contribution in [3.63, 3.8) is 0 Å². The van der Waals surface area contributed by atoms with Crippen LogP contribution in [0.2, 0.25) is 0 Å². The van der Waals surface area contributed by atoms with E-state index < -0.39 is 41.3 Å². The number of halogens is 1. The molecule has 2 aromatic rings. The third-order valence-corrected chi connectivity index (χ3v) is 6.28. The lowest BCUT2D eigenvalue weighted by atomic mass is 9.91. The number of amides is 1. The molecular weight excluding hydrogens is 381 g/mol. The summed E-state index contributed by atoms with van der Waals surface area (Å²) in [6, 6.07) is 8.46. The van der Waals surface area contributed by atoms with E-state index in [4.69, 9.17) is 4.74 Å². The maximum atomic E-state index is 15.1. The maximum Gasteiger partial charge on any atom is 0.351 e. The first-order chi connectivity index (χ1) is 13.7. The van der Waals surface area contributed by atoms with Crippen LogP contribution in [-0.2, 0) is 4.74 Å². The van der Waals surface area contributed by atoms with Gasteiger partial charge in [-0.2, -0.15) is 4.98 Å². The van der Waals surface area contributed by atoms with Crippen LogP contribution in [-0.4, -0.2) is 49.1 Å². The number of hydrogen-bond acceptors (Lipinski definition) is 6. The number of carbonyl (C=O) groups excluding carboxylic acids is 1. The van der Waals surface area contributed by atoms with E-state index in [1.165, 1.54) is 6.20 Å². The minimum atomic E-state index is -1.88. The summed E-state index contributed by atoms with van der Waals surface area (Å²) in [5.74, 6) is -0.540. The van der Waals surface area contributed by atoms with Crippen LogP contribution in [0.1, 0.15) is 35.0 Å². The summed E-state index contributed by atoms with van der Waals surface area (Å²) in [7, 11) is 0. The van der Waals surface area contributed by atoms with Crippen LogP contribution >= 0.6 is 0 Å². The molecule has 8 nitrogen and oxygen atoms in total. The number of anilines is 1. The average molecular weight is 401 g/mol. The van der Waals surface area contributed by atoms with Gasteiger partial charge in [-0.15, -0.1) is 0 Å². The van der Waals surface area contributed by atoms with E-state index in [1.54, 1.807) is 37.3 Å². The molecule has 1 aliphatic heterocycles. The van der Waals surface area contributed by atoms with Gasteiger partial charge in [-0.1, -0.05) is 18.2 Å². The molecule has 0 spiro atoms. The molecule has 1 aromatic carbocycles. The molecule has 0 unspecified atom stereocenters. The highest BCUT2D eigenvalue weighted by atomic mass is 19.1. The quantitative estimate of drug-likeness (QED) is 0.705. The third kappa shape index (κ3) is 2.58. The summed E-state index contributed by atoms with van der Waals surface area (Å²) < 4.78 is 21.7. The molecule has 3 fully saturated rings. The van der Waals surface area contributed by atoms with Gasteiger partial charge in [0, 0.05) is 17.3 Å². The molecular formula is C20H20FN3O5. The number of nitrogens with zero attached hydrogens (tertiary/aromatic N) is 2. The first kappa shape index (κ1) is 18.4. The second-order valence-electron chi connectivity index (χ2n) is 8.18. The number of aliphatic hydroxyl groups is 2. The Morgan fingerprint density at radius 2 is 1.97 bits per heavy atom. The number of carbonyl (C=O) groups is 1. The molecule has 0 bridgehead atoms. The van der Waals surface area contributed by atoms with Crippen LogP contribution < -0.4 is 11.0 Å². The van der Waals surface area contributed by atoms with Gasteiger partial charge in [0.1, 0.15) is 17.5 Å². The fraction of sp³-hybridized carbons (Fsp3) is 0.450. The van der Waals surface area contributed by atoms with Crippen LogP contribution in [0.15, 0.2) is 41.3 Å². The van der Waals surface area contributed by atoms with Crippen LogP contribution in [0.4, 0.5) is 10.2 Å². The van der Waals surface area contributed by atoms with E-state index in [2.05, 4.69) is 10.3 Å². The molecule has 152 valence electrons. The van der Waals surface area contributed by atoms with E-state index in [0.717, 1.165) is 4.57 Å². The summed E-state index contributed by atoms with van der Waals surface area (Å²) in [6.45, 7) is 1.62. The molecule has 5 rings (SSSR count). The summed E-state index contributed by atoms with van der Waals surface area (Å²) in [4.78, 5) is 28.7. The SMILES string of the molecule is Cc1cn([C@@H]2O[C@@H]3[C@@]4(O)C[C@H]4C[C@]3(O)[C@@H]2F)c(=O)nc1NC(=O)c1ccccc1. The highest BCUT2D eigenvalue weighted by molar-refractivity contribution is 6.03. The van der Waals surface area contributed by atoms with Gasteiger partial charge in [0.25, 0.3) is 5.91 Å². The molecule has 2 saturated carbocycles. The van der Waals surface area contributed by atoms with Crippen LogP contribution in [0.25, 0.3) is 0 Å². The Balaban J connectivity index is 1.42. The average Bonchev–Trinajstić information content (AvgIpc) is 3.17. The van der Waals surface area contributed by atoms with Crippen LogP contribution in [0, 0.1) is 12.8 Å². The molecule has 2 heterocycles. The lowest BCUT2D eigenvalue weighted by molar-refractivity contribution is -0.108. The highest BCUT2D eigenvalue weighted by Gasteiger charge is 2.78. The number of benzene rings is 1. The van der Waals surface area contributed by atoms with Crippen molar-refractivity contribution >= 4 is 11.7 Å². The van der Waals surface area contributed by atoms with Gasteiger partial charge in [-0.05, 0) is 37.8 Å². The van der Waals surface area contributed by atoms with Gasteiger partial charge in [-0.3, -0.25) is 9.36 Å². The summed E-state index contributed by atoms with van der Waals surface area (Å²) in [5, 5.41) is 23.7. The molecule has 3 N–H and O–H groups in total. The zero-order valence-electron chi connectivity index (χ0n) is 15.6. The van der Waals surface area contributed by atoms with E-state index in [-0.39, 0.29) is 18.2 Å². The predicted octanol–water partition coefficient (Wildman–Crippen LogP) is 0.925. The lowest BCUT2D eigenvalue weighted by Gasteiger charge is -2.26. The van der Waals surface area contributed by atoms with Crippen LogP contribution in [0.5, 0.6) is 0 Å². The minimum Gasteiger partial charge on any atom is -0.387 e. The van der Waals surface area contributed by atoms with E-state index in [1.807, 2.05) is 0 Å². The largest absolute Gasteiger partial charge is 0.387 e. The topological polar surface area (TPSA) is 114 Å². The zero-order chi connectivity index (χ0) is 20.6. The van der Waals surface area contributed by atoms with Crippen molar-refractivity contribution in [2.45, 2.75) is 49.5 Å². The molecule has 0 radical (unpaired) electrons. The summed E-state index contributed by atoms with van der Waals surface area (Å²) in [6.07, 6.45) is -2.47. The summed E-state index contributed by atoms with van der Waals surface area (Å²) in [5.41, 5.74) is -3.05. The summed E-state index contributed by atoms with van der Waals surface area (Å²) >= 11 is 0. The molecule has 1 saturated heterocycles. The maximum absolute atomic E-state index is 15.1. The number of aryl methyl sites for hydroxylation is 1. The standard InChI is InChI=1S/C20H20FN3O5/c1-10-9-24(16-13(21)20(28)8-12-7-19(12,27)17(20)29-16)18(26)23-14(10)22-15(25)11-5-3-2-4-6-11/h2-6,9,12-13,16-17,27-28H,7-8H2,1H3,(H,22,23,25,26)/t12-,13+,16+,17+,19+,20-/m0/s1. The second-order valence-corrected chi connectivity index (χ2v) is 8.18. The van der Waals surface area contributed by atoms with Crippen molar-refractivity contribution in [2.75, 3.05) is 5.32 Å². The second kappa shape index (κ2) is 5.94. The molecule has 1 amide bonds. The molecule has 2 aliphatic carbocycles. The number of aromatic nitrogens is 2. The predicted molar refractivity (Wildman–Crippen MR) is 99.1 cm³/mol. The monoisotopic (exact) mass is 401 g/mol. The Morgan fingerprint density at radius 3 is 2.66 bits per heavy atom. The molecule has 3 aliphatic rings. The fourth-order valence-corrected chi connectivity index (χ4v) is 4.64. The third-order valence-electron chi connectivity index (χ3n) is 6.28. The Kier molecular flexibility index (Phi) is 3.77. The number of rotatable bonds is 3. The number of fused-ring (bicyclic) bond motifs is 3. The Hall–Kier alpha value is -2.62.